The third kappa shape index (κ3) is 5.75. The molecule has 0 amide bonds. The summed E-state index contributed by atoms with van der Waals surface area (Å²) in [5.41, 5.74) is 3.85. The summed E-state index contributed by atoms with van der Waals surface area (Å²) in [6.07, 6.45) is 4.65. The molecule has 2 aromatic carbocycles. The van der Waals surface area contributed by atoms with Crippen LogP contribution in [-0.4, -0.2) is 41.7 Å². The Balaban J connectivity index is 1.31. The maximum Gasteiger partial charge on any atom is 0.306 e. The van der Waals surface area contributed by atoms with Crippen LogP contribution >= 0.6 is 0 Å². The van der Waals surface area contributed by atoms with Gasteiger partial charge in [-0.25, -0.2) is 18.4 Å². The van der Waals surface area contributed by atoms with Crippen molar-refractivity contribution in [3.8, 4) is 0 Å². The van der Waals surface area contributed by atoms with Crippen molar-refractivity contribution in [2.24, 2.45) is 0 Å². The topological polar surface area (TPSA) is 89.5 Å². The number of rotatable bonds is 7. The van der Waals surface area contributed by atoms with E-state index in [4.69, 9.17) is 4.74 Å². The Labute approximate surface area is 194 Å². The number of ether oxygens (including phenoxy) is 1. The summed E-state index contributed by atoms with van der Waals surface area (Å²) in [6.45, 7) is 3.09. The highest BCUT2D eigenvalue weighted by molar-refractivity contribution is 7.89. The highest BCUT2D eigenvalue weighted by Gasteiger charge is 2.24. The Morgan fingerprint density at radius 3 is 2.24 bits per heavy atom. The molecule has 3 aromatic rings. The van der Waals surface area contributed by atoms with E-state index >= 15 is 0 Å². The number of carbonyl (C=O) groups is 1. The van der Waals surface area contributed by atoms with E-state index < -0.39 is 10.0 Å². The standard InChI is InChI=1S/C25H29N3O4S/c1-19-24(27-23-9-5-4-8-22(23)26-19)18-32-25(29)15-12-20-10-13-21(14-11-20)33(30,31)28-16-6-2-3-7-17-28/h4-5,8-11,13-14H,2-3,6-7,12,15-18H2,1H3. The molecule has 33 heavy (non-hydrogen) atoms. The monoisotopic (exact) mass is 467 g/mol. The van der Waals surface area contributed by atoms with Gasteiger partial charge >= 0.3 is 5.97 Å². The molecular weight excluding hydrogens is 438 g/mol. The van der Waals surface area contributed by atoms with Crippen molar-refractivity contribution < 1.29 is 17.9 Å². The molecule has 1 saturated heterocycles. The van der Waals surface area contributed by atoms with E-state index in [9.17, 15) is 13.2 Å². The molecule has 0 N–H and O–H groups in total. The number of aryl methyl sites for hydroxylation is 2. The fourth-order valence-corrected chi connectivity index (χ4v) is 5.51. The molecule has 0 atom stereocenters. The van der Waals surface area contributed by atoms with E-state index in [0.29, 0.717) is 30.1 Å². The first-order valence-electron chi connectivity index (χ1n) is 11.4. The van der Waals surface area contributed by atoms with E-state index in [1.54, 1.807) is 28.6 Å². The molecule has 0 spiro atoms. The van der Waals surface area contributed by atoms with Gasteiger partial charge in [0.1, 0.15) is 6.61 Å². The Morgan fingerprint density at radius 2 is 1.58 bits per heavy atom. The summed E-state index contributed by atoms with van der Waals surface area (Å²) >= 11 is 0. The Bertz CT molecular complexity index is 1220. The lowest BCUT2D eigenvalue weighted by Gasteiger charge is -2.20. The Morgan fingerprint density at radius 1 is 0.939 bits per heavy atom. The summed E-state index contributed by atoms with van der Waals surface area (Å²) in [6, 6.07) is 14.4. The van der Waals surface area contributed by atoms with Crippen LogP contribution in [0.15, 0.2) is 53.4 Å². The van der Waals surface area contributed by atoms with Gasteiger partial charge in [-0.3, -0.25) is 4.79 Å². The third-order valence-electron chi connectivity index (χ3n) is 5.96. The summed E-state index contributed by atoms with van der Waals surface area (Å²) in [5, 5.41) is 0. The summed E-state index contributed by atoms with van der Waals surface area (Å²) in [5.74, 6) is -0.328. The molecule has 1 aliphatic heterocycles. The highest BCUT2D eigenvalue weighted by Crippen LogP contribution is 2.21. The lowest BCUT2D eigenvalue weighted by atomic mass is 10.1. The van der Waals surface area contributed by atoms with Crippen LogP contribution in [0.5, 0.6) is 0 Å². The molecule has 0 radical (unpaired) electrons. The number of aromatic nitrogens is 2. The van der Waals surface area contributed by atoms with Gasteiger partial charge in [-0.1, -0.05) is 37.1 Å². The van der Waals surface area contributed by atoms with Gasteiger partial charge in [0.05, 0.1) is 27.3 Å². The van der Waals surface area contributed by atoms with Crippen molar-refractivity contribution in [3.63, 3.8) is 0 Å². The molecule has 8 heteroatoms. The normalized spacial score (nSPS) is 15.3. The van der Waals surface area contributed by atoms with E-state index in [-0.39, 0.29) is 19.0 Å². The fraction of sp³-hybridized carbons (Fsp3) is 0.400. The number of hydrogen-bond acceptors (Lipinski definition) is 6. The van der Waals surface area contributed by atoms with Crippen molar-refractivity contribution in [3.05, 3.63) is 65.5 Å². The average Bonchev–Trinajstić information content (AvgIpc) is 3.12. The molecule has 7 nitrogen and oxygen atoms in total. The van der Waals surface area contributed by atoms with Gasteiger partial charge in [0.15, 0.2) is 0 Å². The van der Waals surface area contributed by atoms with Gasteiger partial charge in [-0.15, -0.1) is 0 Å². The highest BCUT2D eigenvalue weighted by atomic mass is 32.2. The van der Waals surface area contributed by atoms with Crippen LogP contribution < -0.4 is 0 Å². The zero-order valence-corrected chi connectivity index (χ0v) is 19.7. The number of benzene rings is 2. The molecule has 0 saturated carbocycles. The SMILES string of the molecule is Cc1nc2ccccc2nc1COC(=O)CCc1ccc(S(=O)(=O)N2CCCCCC2)cc1. The number of sulfonamides is 1. The average molecular weight is 468 g/mol. The molecule has 174 valence electrons. The van der Waals surface area contributed by atoms with E-state index in [0.717, 1.165) is 48.0 Å². The minimum absolute atomic E-state index is 0.0789. The molecule has 1 aliphatic rings. The fourth-order valence-electron chi connectivity index (χ4n) is 3.99. The first-order valence-corrected chi connectivity index (χ1v) is 12.8. The van der Waals surface area contributed by atoms with Gasteiger partial charge in [0.25, 0.3) is 0 Å². The smallest absolute Gasteiger partial charge is 0.306 e. The molecule has 0 bridgehead atoms. The van der Waals surface area contributed by atoms with Crippen molar-refractivity contribution >= 4 is 27.0 Å². The number of nitrogens with zero attached hydrogens (tertiary/aromatic N) is 3. The zero-order valence-electron chi connectivity index (χ0n) is 18.9. The summed E-state index contributed by atoms with van der Waals surface area (Å²) in [4.78, 5) is 21.6. The Hall–Kier alpha value is -2.84. The number of para-hydroxylation sites is 2. The van der Waals surface area contributed by atoms with Gasteiger partial charge < -0.3 is 4.74 Å². The molecule has 4 rings (SSSR count). The van der Waals surface area contributed by atoms with Crippen molar-refractivity contribution in [1.82, 2.24) is 14.3 Å². The quantitative estimate of drug-likeness (QED) is 0.484. The van der Waals surface area contributed by atoms with Gasteiger partial charge in [0.2, 0.25) is 10.0 Å². The second kappa shape index (κ2) is 10.4. The van der Waals surface area contributed by atoms with Crippen LogP contribution in [0.1, 0.15) is 49.1 Å². The van der Waals surface area contributed by atoms with E-state index in [1.165, 1.54) is 0 Å². The minimum Gasteiger partial charge on any atom is -0.459 e. The third-order valence-corrected chi connectivity index (χ3v) is 7.87. The maximum atomic E-state index is 12.9. The van der Waals surface area contributed by atoms with Gasteiger partial charge in [0, 0.05) is 19.5 Å². The largest absolute Gasteiger partial charge is 0.459 e. The van der Waals surface area contributed by atoms with Crippen LogP contribution in [0, 0.1) is 6.92 Å². The molecule has 1 fully saturated rings. The maximum absolute atomic E-state index is 12.9. The second-order valence-corrected chi connectivity index (χ2v) is 10.3. The van der Waals surface area contributed by atoms with Crippen LogP contribution in [0.4, 0.5) is 0 Å². The number of hydrogen-bond donors (Lipinski definition) is 0. The molecule has 2 heterocycles. The van der Waals surface area contributed by atoms with Crippen LogP contribution in [0.25, 0.3) is 11.0 Å². The lowest BCUT2D eigenvalue weighted by molar-refractivity contribution is -0.145. The van der Waals surface area contributed by atoms with Crippen LogP contribution in [0.3, 0.4) is 0 Å². The van der Waals surface area contributed by atoms with Crippen molar-refractivity contribution in [2.75, 3.05) is 13.1 Å². The summed E-state index contributed by atoms with van der Waals surface area (Å²) < 4.78 is 32.8. The molecular formula is C25H29N3O4S. The Kier molecular flexibility index (Phi) is 7.35. The first-order chi connectivity index (χ1) is 15.9. The lowest BCUT2D eigenvalue weighted by Crippen LogP contribution is -2.31. The number of fused-ring (bicyclic) bond motifs is 1. The number of esters is 1. The van der Waals surface area contributed by atoms with E-state index in [2.05, 4.69) is 9.97 Å². The van der Waals surface area contributed by atoms with Crippen LogP contribution in [-0.2, 0) is 32.6 Å². The molecule has 1 aromatic heterocycles. The predicted molar refractivity (Wildman–Crippen MR) is 126 cm³/mol. The van der Waals surface area contributed by atoms with Crippen molar-refractivity contribution in [1.29, 1.82) is 0 Å². The summed E-state index contributed by atoms with van der Waals surface area (Å²) in [7, 11) is -3.46. The van der Waals surface area contributed by atoms with Crippen molar-refractivity contribution in [2.45, 2.75) is 57.0 Å². The van der Waals surface area contributed by atoms with E-state index in [1.807, 2.05) is 31.2 Å². The van der Waals surface area contributed by atoms with Gasteiger partial charge in [-0.2, -0.15) is 4.31 Å². The predicted octanol–water partition coefficient (Wildman–Crippen LogP) is 4.18. The van der Waals surface area contributed by atoms with Gasteiger partial charge in [-0.05, 0) is 56.0 Å². The minimum atomic E-state index is -3.46. The zero-order chi connectivity index (χ0) is 23.3. The molecule has 0 unspecified atom stereocenters. The first kappa shape index (κ1) is 23.3. The van der Waals surface area contributed by atoms with Crippen LogP contribution in [0.2, 0.25) is 0 Å². The second-order valence-electron chi connectivity index (χ2n) is 8.37. The number of carbonyl (C=O) groups excluding carboxylic acids is 1. The molecule has 0 aliphatic carbocycles.